The summed E-state index contributed by atoms with van der Waals surface area (Å²) in [5.74, 6) is 1.48. The third-order valence-electron chi connectivity index (χ3n) is 4.38. The number of fused-ring (bicyclic) bond motifs is 1. The molecular formula is C19H16ClN3O3. The van der Waals surface area contributed by atoms with Crippen LogP contribution in [0.2, 0.25) is 5.02 Å². The van der Waals surface area contributed by atoms with Crippen molar-refractivity contribution in [3.05, 3.63) is 58.1 Å². The van der Waals surface area contributed by atoms with Crippen LogP contribution in [-0.4, -0.2) is 22.7 Å². The summed E-state index contributed by atoms with van der Waals surface area (Å²) in [6, 6.07) is 6.67. The molecule has 1 aliphatic rings. The number of nitrogens with one attached hydrogen (secondary N) is 1. The van der Waals surface area contributed by atoms with E-state index >= 15 is 0 Å². The summed E-state index contributed by atoms with van der Waals surface area (Å²) in [7, 11) is 0. The number of hydrogen-bond donors (Lipinski definition) is 1. The van der Waals surface area contributed by atoms with Gasteiger partial charge in [-0.2, -0.15) is 0 Å². The number of halogens is 1. The van der Waals surface area contributed by atoms with Crippen molar-refractivity contribution < 1.29 is 14.1 Å². The number of ether oxygens (including phenoxy) is 1. The molecule has 7 heteroatoms. The molecule has 132 valence electrons. The number of carbonyl (C=O) groups is 1. The lowest BCUT2D eigenvalue weighted by molar-refractivity contribution is 0.102. The minimum absolute atomic E-state index is 0.267. The largest absolute Gasteiger partial charge is 0.489 e. The Morgan fingerprint density at radius 1 is 1.23 bits per heavy atom. The average Bonchev–Trinajstić information content (AvgIpc) is 3.24. The molecule has 3 aromatic rings. The van der Waals surface area contributed by atoms with E-state index in [0.29, 0.717) is 28.8 Å². The molecule has 0 bridgehead atoms. The molecule has 1 aromatic carbocycles. The van der Waals surface area contributed by atoms with Crippen molar-refractivity contribution in [2.75, 3.05) is 11.9 Å². The number of hydrogen-bond acceptors (Lipinski definition) is 5. The zero-order valence-corrected chi connectivity index (χ0v) is 15.1. The van der Waals surface area contributed by atoms with E-state index < -0.39 is 0 Å². The lowest BCUT2D eigenvalue weighted by Crippen LogP contribution is -2.13. The molecule has 1 amide bonds. The van der Waals surface area contributed by atoms with Gasteiger partial charge in [-0.15, -0.1) is 0 Å². The molecule has 0 saturated carbocycles. The highest BCUT2D eigenvalue weighted by Gasteiger charge is 2.26. The number of benzene rings is 1. The molecule has 2 aromatic heterocycles. The number of nitrogens with zero attached hydrogens (tertiary/aromatic N) is 2. The van der Waals surface area contributed by atoms with Gasteiger partial charge in [0.05, 0.1) is 12.3 Å². The predicted octanol–water partition coefficient (Wildman–Crippen LogP) is 4.19. The molecular weight excluding hydrogens is 354 g/mol. The van der Waals surface area contributed by atoms with E-state index in [1.807, 2.05) is 13.8 Å². The third kappa shape index (κ3) is 2.82. The minimum atomic E-state index is -0.267. The van der Waals surface area contributed by atoms with Crippen LogP contribution in [0.3, 0.4) is 0 Å². The van der Waals surface area contributed by atoms with E-state index in [1.165, 1.54) is 0 Å². The first-order chi connectivity index (χ1) is 12.5. The molecule has 3 heterocycles. The van der Waals surface area contributed by atoms with Gasteiger partial charge in [0.15, 0.2) is 11.6 Å². The van der Waals surface area contributed by atoms with Gasteiger partial charge in [-0.05, 0) is 38.1 Å². The highest BCUT2D eigenvalue weighted by Crippen LogP contribution is 2.40. The molecule has 1 N–H and O–H groups in total. The monoisotopic (exact) mass is 369 g/mol. The number of rotatable bonds is 3. The number of aromatic nitrogens is 2. The van der Waals surface area contributed by atoms with Gasteiger partial charge in [-0.25, -0.2) is 4.98 Å². The number of carbonyl (C=O) groups excluding carboxylic acids is 1. The van der Waals surface area contributed by atoms with Gasteiger partial charge in [0.25, 0.3) is 5.91 Å². The van der Waals surface area contributed by atoms with Gasteiger partial charge in [-0.3, -0.25) is 4.79 Å². The lowest BCUT2D eigenvalue weighted by atomic mass is 9.99. The fraction of sp³-hybridized carbons (Fsp3) is 0.211. The van der Waals surface area contributed by atoms with Crippen LogP contribution in [0, 0.1) is 13.8 Å². The summed E-state index contributed by atoms with van der Waals surface area (Å²) in [6.07, 6.45) is 2.47. The van der Waals surface area contributed by atoms with Crippen LogP contribution in [-0.2, 0) is 6.42 Å². The molecule has 0 unspecified atom stereocenters. The Labute approximate surface area is 155 Å². The normalized spacial score (nSPS) is 12.6. The summed E-state index contributed by atoms with van der Waals surface area (Å²) < 4.78 is 11.0. The Hall–Kier alpha value is -2.86. The first-order valence-electron chi connectivity index (χ1n) is 8.19. The average molecular weight is 370 g/mol. The van der Waals surface area contributed by atoms with Crippen molar-refractivity contribution >= 4 is 23.3 Å². The van der Waals surface area contributed by atoms with Crippen molar-refractivity contribution in [1.82, 2.24) is 10.1 Å². The Bertz CT molecular complexity index is 977. The van der Waals surface area contributed by atoms with Gasteiger partial charge >= 0.3 is 0 Å². The van der Waals surface area contributed by atoms with Crippen molar-refractivity contribution in [1.29, 1.82) is 0 Å². The van der Waals surface area contributed by atoms with Gasteiger partial charge < -0.3 is 14.6 Å². The number of pyridine rings is 1. The second-order valence-electron chi connectivity index (χ2n) is 6.09. The maximum absolute atomic E-state index is 12.5. The first kappa shape index (κ1) is 16.6. The van der Waals surface area contributed by atoms with E-state index in [1.54, 1.807) is 30.5 Å². The van der Waals surface area contributed by atoms with Crippen LogP contribution in [0.25, 0.3) is 11.1 Å². The second-order valence-corrected chi connectivity index (χ2v) is 6.52. The van der Waals surface area contributed by atoms with Crippen molar-refractivity contribution in [3.8, 4) is 16.9 Å². The molecule has 26 heavy (non-hydrogen) atoms. The van der Waals surface area contributed by atoms with Crippen molar-refractivity contribution in [2.45, 2.75) is 20.3 Å². The molecule has 1 aliphatic heterocycles. The fourth-order valence-electron chi connectivity index (χ4n) is 3.14. The smallest absolute Gasteiger partial charge is 0.256 e. The molecule has 0 aliphatic carbocycles. The third-order valence-corrected chi connectivity index (χ3v) is 4.63. The molecule has 0 atom stereocenters. The van der Waals surface area contributed by atoms with Gasteiger partial charge in [0.2, 0.25) is 0 Å². The lowest BCUT2D eigenvalue weighted by Gasteiger charge is -2.12. The summed E-state index contributed by atoms with van der Waals surface area (Å²) in [5.41, 5.74) is 4.16. The SMILES string of the molecule is Cc1noc(C)c1-c1cnc(NC(=O)c2ccc(Cl)cc2)c2c1CCO2. The summed E-state index contributed by atoms with van der Waals surface area (Å²) in [5, 5.41) is 7.41. The van der Waals surface area contributed by atoms with Gasteiger partial charge in [0, 0.05) is 39.9 Å². The predicted molar refractivity (Wildman–Crippen MR) is 97.8 cm³/mol. The Morgan fingerprint density at radius 3 is 2.69 bits per heavy atom. The molecule has 0 radical (unpaired) electrons. The standard InChI is InChI=1S/C19H16ClN3O3/c1-10-16(11(2)26-23-10)15-9-21-18(17-14(15)7-8-25-17)22-19(24)12-3-5-13(20)6-4-12/h3-6,9H,7-8H2,1-2H3,(H,21,22,24). The zero-order chi connectivity index (χ0) is 18.3. The quantitative estimate of drug-likeness (QED) is 0.748. The highest BCUT2D eigenvalue weighted by molar-refractivity contribution is 6.30. The van der Waals surface area contributed by atoms with Crippen LogP contribution < -0.4 is 10.1 Å². The van der Waals surface area contributed by atoms with Crippen LogP contribution in [0.1, 0.15) is 27.4 Å². The van der Waals surface area contributed by atoms with E-state index in [2.05, 4.69) is 15.5 Å². The van der Waals surface area contributed by atoms with E-state index in [9.17, 15) is 4.79 Å². The Morgan fingerprint density at radius 2 is 2.00 bits per heavy atom. The van der Waals surface area contributed by atoms with Crippen LogP contribution >= 0.6 is 11.6 Å². The fourth-order valence-corrected chi connectivity index (χ4v) is 3.27. The van der Waals surface area contributed by atoms with E-state index in [4.69, 9.17) is 20.9 Å². The number of anilines is 1. The zero-order valence-electron chi connectivity index (χ0n) is 14.3. The minimum Gasteiger partial charge on any atom is -0.489 e. The van der Waals surface area contributed by atoms with Gasteiger partial charge in [0.1, 0.15) is 5.76 Å². The van der Waals surface area contributed by atoms with Crippen LogP contribution in [0.4, 0.5) is 5.82 Å². The summed E-state index contributed by atoms with van der Waals surface area (Å²) in [4.78, 5) is 16.9. The first-order valence-corrected chi connectivity index (χ1v) is 8.57. The Balaban J connectivity index is 1.70. The summed E-state index contributed by atoms with van der Waals surface area (Å²) in [6.45, 7) is 4.30. The molecule has 4 rings (SSSR count). The van der Waals surface area contributed by atoms with Crippen LogP contribution in [0.5, 0.6) is 5.75 Å². The summed E-state index contributed by atoms with van der Waals surface area (Å²) >= 11 is 5.87. The molecule has 0 spiro atoms. The van der Waals surface area contributed by atoms with Gasteiger partial charge in [-0.1, -0.05) is 16.8 Å². The molecule has 6 nitrogen and oxygen atoms in total. The van der Waals surface area contributed by atoms with E-state index in [-0.39, 0.29) is 5.91 Å². The topological polar surface area (TPSA) is 77.3 Å². The molecule has 0 fully saturated rings. The maximum Gasteiger partial charge on any atom is 0.256 e. The van der Waals surface area contributed by atoms with Crippen molar-refractivity contribution in [3.63, 3.8) is 0 Å². The maximum atomic E-state index is 12.5. The van der Waals surface area contributed by atoms with Crippen LogP contribution in [0.15, 0.2) is 35.0 Å². The van der Waals surface area contributed by atoms with Crippen molar-refractivity contribution in [2.24, 2.45) is 0 Å². The Kier molecular flexibility index (Phi) is 4.12. The molecule has 0 saturated heterocycles. The number of aryl methyl sites for hydroxylation is 2. The highest BCUT2D eigenvalue weighted by atomic mass is 35.5. The van der Waals surface area contributed by atoms with E-state index in [0.717, 1.165) is 34.6 Å². The second kappa shape index (κ2) is 6.46. The number of amides is 1.